The van der Waals surface area contributed by atoms with Gasteiger partial charge in [-0.05, 0) is 43.4 Å². The molecule has 0 radical (unpaired) electrons. The third-order valence-electron chi connectivity index (χ3n) is 7.44. The highest BCUT2D eigenvalue weighted by Crippen LogP contribution is 2.43. The Morgan fingerprint density at radius 3 is 2.60 bits per heavy atom. The molecule has 0 spiro atoms. The predicted molar refractivity (Wildman–Crippen MR) is 112 cm³/mol. The molecular formula is C24H31NO5. The number of benzene rings is 1. The molecule has 2 aliphatic carbocycles. The van der Waals surface area contributed by atoms with Gasteiger partial charge in [-0.25, -0.2) is 0 Å². The number of methoxy groups -OCH3 is 2. The molecule has 4 atom stereocenters. The van der Waals surface area contributed by atoms with E-state index in [-0.39, 0.29) is 29.8 Å². The molecular weight excluding hydrogens is 382 g/mol. The molecule has 0 amide bonds. The Morgan fingerprint density at radius 1 is 1.03 bits per heavy atom. The molecule has 6 nitrogen and oxygen atoms in total. The summed E-state index contributed by atoms with van der Waals surface area (Å²) in [6.07, 6.45) is 8.67. The zero-order valence-electron chi connectivity index (χ0n) is 17.8. The zero-order valence-corrected chi connectivity index (χ0v) is 17.8. The maximum absolute atomic E-state index is 13.5. The lowest BCUT2D eigenvalue weighted by atomic mass is 9.71. The van der Waals surface area contributed by atoms with E-state index >= 15 is 0 Å². The van der Waals surface area contributed by atoms with Crippen molar-refractivity contribution in [2.45, 2.75) is 56.8 Å². The molecule has 0 aromatic heterocycles. The standard InChI is InChI=1S/C24H31NO5/c1-27-21-9-7-15(11-22(21)28-2)19-13-29-24-17(23(19)26)8-10-20-18(24)12-25(14-30-20)16-5-3-4-6-16/h7,9,11,13,16-18,20,24H,3-6,8,10,12,14H2,1-2H3. The summed E-state index contributed by atoms with van der Waals surface area (Å²) in [5, 5.41) is 0. The first-order valence-corrected chi connectivity index (χ1v) is 11.2. The quantitative estimate of drug-likeness (QED) is 0.751. The Morgan fingerprint density at radius 2 is 1.83 bits per heavy atom. The van der Waals surface area contributed by atoms with Gasteiger partial charge >= 0.3 is 0 Å². The average Bonchev–Trinajstić information content (AvgIpc) is 3.33. The summed E-state index contributed by atoms with van der Waals surface area (Å²) >= 11 is 0. The highest BCUT2D eigenvalue weighted by molar-refractivity contribution is 6.22. The third kappa shape index (κ3) is 3.40. The first-order chi connectivity index (χ1) is 14.7. The molecule has 2 saturated carbocycles. The second-order valence-corrected chi connectivity index (χ2v) is 8.96. The summed E-state index contributed by atoms with van der Waals surface area (Å²) in [6, 6.07) is 6.21. The van der Waals surface area contributed by atoms with Crippen molar-refractivity contribution in [3.63, 3.8) is 0 Å². The number of carbonyl (C=O) groups is 1. The van der Waals surface area contributed by atoms with Crippen LogP contribution < -0.4 is 9.47 Å². The number of rotatable bonds is 4. The first kappa shape index (κ1) is 19.9. The third-order valence-corrected chi connectivity index (χ3v) is 7.44. The molecule has 3 fully saturated rings. The number of fused-ring (bicyclic) bond motifs is 3. The van der Waals surface area contributed by atoms with Gasteiger partial charge in [0, 0.05) is 18.5 Å². The minimum Gasteiger partial charge on any atom is -0.496 e. The number of hydrogen-bond acceptors (Lipinski definition) is 6. The Kier molecular flexibility index (Phi) is 5.46. The van der Waals surface area contributed by atoms with Crippen molar-refractivity contribution >= 4 is 11.4 Å². The number of ether oxygens (including phenoxy) is 4. The van der Waals surface area contributed by atoms with Gasteiger partial charge in [0.25, 0.3) is 0 Å². The minimum atomic E-state index is -0.105. The molecule has 2 aliphatic heterocycles. The molecule has 4 aliphatic rings. The van der Waals surface area contributed by atoms with Crippen molar-refractivity contribution in [2.24, 2.45) is 11.8 Å². The lowest BCUT2D eigenvalue weighted by Gasteiger charge is -2.49. The summed E-state index contributed by atoms with van der Waals surface area (Å²) in [7, 11) is 3.21. The lowest BCUT2D eigenvalue weighted by Crippen LogP contribution is -2.57. The Hall–Kier alpha value is -2.05. The first-order valence-electron chi connectivity index (χ1n) is 11.2. The monoisotopic (exact) mass is 413 g/mol. The topological polar surface area (TPSA) is 57.2 Å². The number of carbonyl (C=O) groups excluding carboxylic acids is 1. The van der Waals surface area contributed by atoms with Crippen LogP contribution in [0, 0.1) is 11.8 Å². The molecule has 5 rings (SSSR count). The summed E-state index contributed by atoms with van der Waals surface area (Å²) in [5.41, 5.74) is 1.44. The van der Waals surface area contributed by atoms with Crippen LogP contribution in [0.1, 0.15) is 44.1 Å². The van der Waals surface area contributed by atoms with Gasteiger partial charge in [0.2, 0.25) is 0 Å². The predicted octanol–water partition coefficient (Wildman–Crippen LogP) is 3.64. The lowest BCUT2D eigenvalue weighted by molar-refractivity contribution is -0.176. The molecule has 4 unspecified atom stereocenters. The summed E-state index contributed by atoms with van der Waals surface area (Å²) in [6.45, 7) is 1.70. The normalized spacial score (nSPS) is 32.1. The fourth-order valence-electron chi connectivity index (χ4n) is 5.79. The summed E-state index contributed by atoms with van der Waals surface area (Å²) < 4.78 is 23.2. The maximum Gasteiger partial charge on any atom is 0.173 e. The van der Waals surface area contributed by atoms with Crippen molar-refractivity contribution in [1.29, 1.82) is 0 Å². The van der Waals surface area contributed by atoms with Crippen LogP contribution in [-0.2, 0) is 14.3 Å². The smallest absolute Gasteiger partial charge is 0.173 e. The van der Waals surface area contributed by atoms with E-state index in [1.165, 1.54) is 25.7 Å². The molecule has 2 heterocycles. The van der Waals surface area contributed by atoms with Gasteiger partial charge in [-0.3, -0.25) is 9.69 Å². The van der Waals surface area contributed by atoms with E-state index in [0.29, 0.717) is 23.1 Å². The number of allylic oxidation sites excluding steroid dienone is 1. The fourth-order valence-corrected chi connectivity index (χ4v) is 5.79. The van der Waals surface area contributed by atoms with E-state index in [2.05, 4.69) is 4.90 Å². The molecule has 6 heteroatoms. The van der Waals surface area contributed by atoms with Crippen LogP contribution in [0.25, 0.3) is 5.57 Å². The van der Waals surface area contributed by atoms with Gasteiger partial charge in [0.1, 0.15) is 6.10 Å². The number of nitrogens with zero attached hydrogens (tertiary/aromatic N) is 1. The molecule has 1 saturated heterocycles. The van der Waals surface area contributed by atoms with Gasteiger partial charge in [0.15, 0.2) is 17.3 Å². The molecule has 0 bridgehead atoms. The van der Waals surface area contributed by atoms with Gasteiger partial charge in [-0.15, -0.1) is 0 Å². The molecule has 162 valence electrons. The fraction of sp³-hybridized carbons (Fsp3) is 0.625. The van der Waals surface area contributed by atoms with Gasteiger partial charge in [-0.2, -0.15) is 0 Å². The van der Waals surface area contributed by atoms with Crippen molar-refractivity contribution in [3.05, 3.63) is 30.0 Å². The number of hydrogen-bond donors (Lipinski definition) is 0. The van der Waals surface area contributed by atoms with Crippen LogP contribution in [-0.4, -0.2) is 56.4 Å². The molecule has 30 heavy (non-hydrogen) atoms. The van der Waals surface area contributed by atoms with Crippen molar-refractivity contribution in [3.8, 4) is 11.5 Å². The van der Waals surface area contributed by atoms with Crippen LogP contribution in [0.2, 0.25) is 0 Å². The zero-order chi connectivity index (χ0) is 20.7. The second kappa shape index (κ2) is 8.23. The number of ketones is 1. The van der Waals surface area contributed by atoms with E-state index in [4.69, 9.17) is 18.9 Å². The Labute approximate surface area is 178 Å². The molecule has 1 aromatic rings. The maximum atomic E-state index is 13.5. The minimum absolute atomic E-state index is 0.0932. The average molecular weight is 414 g/mol. The van der Waals surface area contributed by atoms with Crippen LogP contribution in [0.3, 0.4) is 0 Å². The van der Waals surface area contributed by atoms with Crippen molar-refractivity contribution in [1.82, 2.24) is 4.90 Å². The summed E-state index contributed by atoms with van der Waals surface area (Å²) in [5.74, 6) is 1.59. The Balaban J connectivity index is 1.37. The van der Waals surface area contributed by atoms with E-state index in [1.807, 2.05) is 18.2 Å². The number of Topliss-reactive ketones (excluding diaryl/α,β-unsaturated/α-hetero) is 1. The van der Waals surface area contributed by atoms with Crippen LogP contribution in [0.4, 0.5) is 0 Å². The van der Waals surface area contributed by atoms with E-state index in [1.54, 1.807) is 20.5 Å². The Bertz CT molecular complexity index is 831. The second-order valence-electron chi connectivity index (χ2n) is 8.96. The van der Waals surface area contributed by atoms with E-state index in [0.717, 1.165) is 31.7 Å². The van der Waals surface area contributed by atoms with Crippen LogP contribution in [0.5, 0.6) is 11.5 Å². The largest absolute Gasteiger partial charge is 0.496 e. The van der Waals surface area contributed by atoms with Crippen molar-refractivity contribution in [2.75, 3.05) is 27.5 Å². The highest BCUT2D eigenvalue weighted by Gasteiger charge is 2.49. The van der Waals surface area contributed by atoms with Crippen LogP contribution >= 0.6 is 0 Å². The van der Waals surface area contributed by atoms with Gasteiger partial charge in [-0.1, -0.05) is 18.9 Å². The highest BCUT2D eigenvalue weighted by atomic mass is 16.5. The van der Waals surface area contributed by atoms with Crippen molar-refractivity contribution < 1.29 is 23.7 Å². The van der Waals surface area contributed by atoms with Gasteiger partial charge in [0.05, 0.1) is 44.8 Å². The summed E-state index contributed by atoms with van der Waals surface area (Å²) in [4.78, 5) is 15.9. The van der Waals surface area contributed by atoms with E-state index < -0.39 is 0 Å². The molecule has 1 aromatic carbocycles. The van der Waals surface area contributed by atoms with Crippen LogP contribution in [0.15, 0.2) is 24.5 Å². The van der Waals surface area contributed by atoms with Gasteiger partial charge < -0.3 is 18.9 Å². The molecule has 0 N–H and O–H groups in total. The SMILES string of the molecule is COc1ccc(C2=COC3C(CCC4OCN(C5CCCC5)CC43)C2=O)cc1OC. The van der Waals surface area contributed by atoms with E-state index in [9.17, 15) is 4.79 Å².